The molecule has 2 aromatic rings. The van der Waals surface area contributed by atoms with Crippen LogP contribution < -0.4 is 16.0 Å². The maximum absolute atomic E-state index is 14.0. The van der Waals surface area contributed by atoms with Gasteiger partial charge in [0.15, 0.2) is 0 Å². The van der Waals surface area contributed by atoms with Crippen molar-refractivity contribution in [1.29, 1.82) is 0 Å². The van der Waals surface area contributed by atoms with Gasteiger partial charge in [0, 0.05) is 17.4 Å². The van der Waals surface area contributed by atoms with Crippen molar-refractivity contribution in [1.82, 2.24) is 10.4 Å². The van der Waals surface area contributed by atoms with Gasteiger partial charge in [0.1, 0.15) is 11.6 Å². The summed E-state index contributed by atoms with van der Waals surface area (Å²) in [6.07, 6.45) is 0.512. The van der Waals surface area contributed by atoms with Gasteiger partial charge in [-0.2, -0.15) is 0 Å². The standard InChI is InChI=1S/C13H16FN3OS/c1-8-16-9(7-19-8)6-11(17-15)13-10(14)4-3-5-12(13)18-2/h3-5,7,11,17H,6,15H2,1-2H3. The molecule has 1 atom stereocenters. The Kier molecular flexibility index (Phi) is 4.47. The first-order chi connectivity index (χ1) is 9.15. The number of halogens is 1. The fraction of sp³-hybridized carbons (Fsp3) is 0.308. The summed E-state index contributed by atoms with van der Waals surface area (Å²) in [7, 11) is 1.51. The number of hydrogen-bond donors (Lipinski definition) is 2. The Hall–Kier alpha value is -1.50. The second-order valence-corrected chi connectivity index (χ2v) is 5.20. The molecule has 1 heterocycles. The first-order valence-corrected chi connectivity index (χ1v) is 6.73. The van der Waals surface area contributed by atoms with Gasteiger partial charge in [0.2, 0.25) is 0 Å². The smallest absolute Gasteiger partial charge is 0.131 e. The molecule has 1 aromatic heterocycles. The Labute approximate surface area is 115 Å². The second-order valence-electron chi connectivity index (χ2n) is 4.14. The molecule has 0 fully saturated rings. The van der Waals surface area contributed by atoms with E-state index in [9.17, 15) is 4.39 Å². The van der Waals surface area contributed by atoms with E-state index in [2.05, 4.69) is 10.4 Å². The number of nitrogens with one attached hydrogen (secondary N) is 1. The number of aryl methyl sites for hydroxylation is 1. The third-order valence-electron chi connectivity index (χ3n) is 2.86. The molecule has 0 spiro atoms. The average molecular weight is 281 g/mol. The van der Waals surface area contributed by atoms with Gasteiger partial charge in [-0.05, 0) is 19.1 Å². The number of ether oxygens (including phenoxy) is 1. The highest BCUT2D eigenvalue weighted by molar-refractivity contribution is 7.09. The highest BCUT2D eigenvalue weighted by Crippen LogP contribution is 2.29. The zero-order chi connectivity index (χ0) is 13.8. The summed E-state index contributed by atoms with van der Waals surface area (Å²) in [5.74, 6) is 5.70. The molecule has 0 amide bonds. The molecule has 0 aliphatic carbocycles. The lowest BCUT2D eigenvalue weighted by Crippen LogP contribution is -2.30. The molecule has 4 nitrogen and oxygen atoms in total. The van der Waals surface area contributed by atoms with Crippen molar-refractivity contribution in [3.8, 4) is 5.75 Å². The first-order valence-electron chi connectivity index (χ1n) is 5.85. The summed E-state index contributed by atoms with van der Waals surface area (Å²) in [4.78, 5) is 4.37. The van der Waals surface area contributed by atoms with Gasteiger partial charge in [-0.3, -0.25) is 11.3 Å². The van der Waals surface area contributed by atoms with Gasteiger partial charge in [-0.15, -0.1) is 11.3 Å². The number of methoxy groups -OCH3 is 1. The zero-order valence-corrected chi connectivity index (χ0v) is 11.6. The molecular weight excluding hydrogens is 265 g/mol. The van der Waals surface area contributed by atoms with Crippen molar-refractivity contribution in [3.05, 3.63) is 45.7 Å². The molecule has 0 bridgehead atoms. The fourth-order valence-electron chi connectivity index (χ4n) is 1.99. The van der Waals surface area contributed by atoms with Crippen LogP contribution in [0.25, 0.3) is 0 Å². The zero-order valence-electron chi connectivity index (χ0n) is 10.8. The Morgan fingerprint density at radius 2 is 2.32 bits per heavy atom. The molecule has 0 aliphatic rings. The van der Waals surface area contributed by atoms with Crippen LogP contribution in [0.3, 0.4) is 0 Å². The summed E-state index contributed by atoms with van der Waals surface area (Å²) in [6.45, 7) is 1.93. The van der Waals surface area contributed by atoms with Gasteiger partial charge in [0.25, 0.3) is 0 Å². The van der Waals surface area contributed by atoms with Crippen LogP contribution in [-0.2, 0) is 6.42 Å². The number of thiazole rings is 1. The van der Waals surface area contributed by atoms with E-state index in [4.69, 9.17) is 10.6 Å². The van der Waals surface area contributed by atoms with Gasteiger partial charge < -0.3 is 4.74 Å². The van der Waals surface area contributed by atoms with Gasteiger partial charge in [0.05, 0.1) is 23.9 Å². The van der Waals surface area contributed by atoms with Crippen LogP contribution >= 0.6 is 11.3 Å². The van der Waals surface area contributed by atoms with Crippen molar-refractivity contribution in [2.24, 2.45) is 5.84 Å². The molecule has 0 radical (unpaired) electrons. The minimum absolute atomic E-state index is 0.339. The molecule has 0 saturated heterocycles. The molecule has 3 N–H and O–H groups in total. The molecule has 6 heteroatoms. The van der Waals surface area contributed by atoms with Gasteiger partial charge in [-0.1, -0.05) is 6.07 Å². The van der Waals surface area contributed by atoms with Crippen molar-refractivity contribution in [2.45, 2.75) is 19.4 Å². The maximum Gasteiger partial charge on any atom is 0.131 e. The topological polar surface area (TPSA) is 60.2 Å². The van der Waals surface area contributed by atoms with Crippen LogP contribution in [0.15, 0.2) is 23.6 Å². The van der Waals surface area contributed by atoms with Crippen LogP contribution in [0.5, 0.6) is 5.75 Å². The van der Waals surface area contributed by atoms with Crippen molar-refractivity contribution in [3.63, 3.8) is 0 Å². The first kappa shape index (κ1) is 13.9. The SMILES string of the molecule is COc1cccc(F)c1C(Cc1csc(C)n1)NN. The number of aromatic nitrogens is 1. The van der Waals surface area contributed by atoms with E-state index in [1.54, 1.807) is 23.5 Å². The molecule has 19 heavy (non-hydrogen) atoms. The van der Waals surface area contributed by atoms with E-state index < -0.39 is 0 Å². The molecule has 0 aliphatic heterocycles. The van der Waals surface area contributed by atoms with Gasteiger partial charge in [-0.25, -0.2) is 9.37 Å². The number of nitrogens with two attached hydrogens (primary N) is 1. The number of nitrogens with zero attached hydrogens (tertiary/aromatic N) is 1. The molecule has 1 aromatic carbocycles. The summed E-state index contributed by atoms with van der Waals surface area (Å²) < 4.78 is 19.2. The minimum atomic E-state index is -0.377. The van der Waals surface area contributed by atoms with Crippen molar-refractivity contribution < 1.29 is 9.13 Å². The molecule has 102 valence electrons. The lowest BCUT2D eigenvalue weighted by atomic mass is 10.0. The number of benzene rings is 1. The van der Waals surface area contributed by atoms with Crippen LogP contribution in [0.2, 0.25) is 0 Å². The van der Waals surface area contributed by atoms with Crippen LogP contribution in [0, 0.1) is 12.7 Å². The predicted octanol–water partition coefficient (Wildman–Crippen LogP) is 2.35. The lowest BCUT2D eigenvalue weighted by Gasteiger charge is -2.18. The van der Waals surface area contributed by atoms with Gasteiger partial charge >= 0.3 is 0 Å². The van der Waals surface area contributed by atoms with Crippen LogP contribution in [0.4, 0.5) is 4.39 Å². The predicted molar refractivity (Wildman–Crippen MR) is 73.6 cm³/mol. The second kappa shape index (κ2) is 6.10. The number of hydrogen-bond acceptors (Lipinski definition) is 5. The molecule has 1 unspecified atom stereocenters. The Morgan fingerprint density at radius 1 is 1.53 bits per heavy atom. The summed E-state index contributed by atoms with van der Waals surface area (Å²) >= 11 is 1.56. The molecular formula is C13H16FN3OS. The summed E-state index contributed by atoms with van der Waals surface area (Å²) in [6, 6.07) is 4.35. The average Bonchev–Trinajstić information content (AvgIpc) is 2.81. The van der Waals surface area contributed by atoms with E-state index >= 15 is 0 Å². The largest absolute Gasteiger partial charge is 0.496 e. The molecule has 0 saturated carbocycles. The van der Waals surface area contributed by atoms with Crippen LogP contribution in [-0.4, -0.2) is 12.1 Å². The third kappa shape index (κ3) is 3.09. The summed E-state index contributed by atoms with van der Waals surface area (Å²) in [5.41, 5.74) is 3.95. The highest BCUT2D eigenvalue weighted by atomic mass is 32.1. The maximum atomic E-state index is 14.0. The Morgan fingerprint density at radius 3 is 2.89 bits per heavy atom. The van der Waals surface area contributed by atoms with E-state index in [1.807, 2.05) is 12.3 Å². The van der Waals surface area contributed by atoms with Crippen molar-refractivity contribution >= 4 is 11.3 Å². The Balaban J connectivity index is 2.31. The van der Waals surface area contributed by atoms with E-state index in [0.717, 1.165) is 10.7 Å². The molecule has 2 rings (SSSR count). The van der Waals surface area contributed by atoms with E-state index in [1.165, 1.54) is 13.2 Å². The monoisotopic (exact) mass is 281 g/mol. The normalized spacial score (nSPS) is 12.4. The van der Waals surface area contributed by atoms with E-state index in [0.29, 0.717) is 17.7 Å². The van der Waals surface area contributed by atoms with E-state index in [-0.39, 0.29) is 11.9 Å². The lowest BCUT2D eigenvalue weighted by molar-refractivity contribution is 0.390. The Bertz CT molecular complexity index is 559. The van der Waals surface area contributed by atoms with Crippen molar-refractivity contribution in [2.75, 3.05) is 7.11 Å². The highest BCUT2D eigenvalue weighted by Gasteiger charge is 2.20. The fourth-order valence-corrected chi connectivity index (χ4v) is 2.61. The minimum Gasteiger partial charge on any atom is -0.496 e. The number of rotatable bonds is 5. The number of hydrazine groups is 1. The summed E-state index contributed by atoms with van der Waals surface area (Å²) in [5, 5.41) is 2.93. The third-order valence-corrected chi connectivity index (χ3v) is 3.68. The quantitative estimate of drug-likeness (QED) is 0.652. The van der Waals surface area contributed by atoms with Crippen LogP contribution in [0.1, 0.15) is 22.3 Å².